The molecule has 4 heteroatoms. The molecule has 2 N–H and O–H groups in total. The summed E-state index contributed by atoms with van der Waals surface area (Å²) in [5.74, 6) is -0.923. The van der Waals surface area contributed by atoms with Crippen LogP contribution in [0.3, 0.4) is 0 Å². The molecule has 0 bridgehead atoms. The van der Waals surface area contributed by atoms with Crippen LogP contribution in [-0.2, 0) is 9.59 Å². The van der Waals surface area contributed by atoms with Crippen molar-refractivity contribution in [2.75, 3.05) is 6.54 Å². The Morgan fingerprint density at radius 3 is 2.75 bits per heavy atom. The summed E-state index contributed by atoms with van der Waals surface area (Å²) in [5, 5.41) is 10.1. The van der Waals surface area contributed by atoms with E-state index in [4.69, 9.17) is 5.11 Å². The van der Waals surface area contributed by atoms with E-state index in [2.05, 4.69) is 5.32 Å². The Kier molecular flexibility index (Phi) is 3.56. The molecule has 0 saturated carbocycles. The minimum absolute atomic E-state index is 0.0464. The number of aliphatic carboxylic acids is 1. The van der Waals surface area contributed by atoms with E-state index < -0.39 is 5.97 Å². The van der Waals surface area contributed by atoms with Gasteiger partial charge in [-0.1, -0.05) is 0 Å². The average molecular weight is 116 g/mol. The van der Waals surface area contributed by atoms with Crippen LogP contribution in [0.5, 0.6) is 0 Å². The molecule has 0 aliphatic rings. The first-order valence-corrected chi connectivity index (χ1v) is 2.09. The van der Waals surface area contributed by atoms with E-state index in [1.165, 1.54) is 6.41 Å². The third-order valence-electron chi connectivity index (χ3n) is 0.536. The highest BCUT2D eigenvalue weighted by molar-refractivity contribution is 5.67. The van der Waals surface area contributed by atoms with E-state index in [0.29, 0.717) is 0 Å². The molecule has 1 amide bonds. The van der Waals surface area contributed by atoms with Crippen molar-refractivity contribution in [1.29, 1.82) is 0 Å². The van der Waals surface area contributed by atoms with Gasteiger partial charge in [0.1, 0.15) is 0 Å². The van der Waals surface area contributed by atoms with Crippen LogP contribution in [0.1, 0.15) is 6.42 Å². The highest BCUT2D eigenvalue weighted by Crippen LogP contribution is 1.71. The number of carbonyl (C=O) groups excluding carboxylic acids is 1. The van der Waals surface area contributed by atoms with Crippen LogP contribution in [0.15, 0.2) is 0 Å². The molecule has 1 radical (unpaired) electrons. The number of nitrogens with one attached hydrogen (secondary N) is 1. The Labute approximate surface area is 46.5 Å². The first-order valence-electron chi connectivity index (χ1n) is 2.09. The number of carboxylic acids is 1. The molecule has 0 aliphatic carbocycles. The van der Waals surface area contributed by atoms with E-state index >= 15 is 0 Å². The first-order chi connectivity index (χ1) is 3.77. The van der Waals surface area contributed by atoms with Crippen molar-refractivity contribution < 1.29 is 14.7 Å². The van der Waals surface area contributed by atoms with Crippen molar-refractivity contribution in [3.63, 3.8) is 0 Å². The average Bonchev–Trinajstić information content (AvgIpc) is 1.66. The van der Waals surface area contributed by atoms with Crippen molar-refractivity contribution in [3.05, 3.63) is 0 Å². The van der Waals surface area contributed by atoms with Gasteiger partial charge in [0, 0.05) is 6.54 Å². The summed E-state index contributed by atoms with van der Waals surface area (Å²) in [6, 6.07) is 0. The van der Waals surface area contributed by atoms with Gasteiger partial charge in [0.15, 0.2) is 0 Å². The van der Waals surface area contributed by atoms with Crippen LogP contribution < -0.4 is 5.32 Å². The fourth-order valence-corrected chi connectivity index (χ4v) is 0.220. The number of amides is 1. The SMILES string of the molecule is O=[C]NCCC(=O)O. The number of carbonyl (C=O) groups is 1. The fourth-order valence-electron chi connectivity index (χ4n) is 0.220. The van der Waals surface area contributed by atoms with Crippen LogP contribution >= 0.6 is 0 Å². The summed E-state index contributed by atoms with van der Waals surface area (Å²) in [5.41, 5.74) is 0. The summed E-state index contributed by atoms with van der Waals surface area (Å²) in [6.45, 7) is 0.152. The summed E-state index contributed by atoms with van der Waals surface area (Å²) in [4.78, 5) is 19.1. The van der Waals surface area contributed by atoms with Gasteiger partial charge in [-0.2, -0.15) is 0 Å². The molecule has 0 rings (SSSR count). The molecule has 0 atom stereocenters. The maximum absolute atomic E-state index is 9.70. The number of hydrogen-bond acceptors (Lipinski definition) is 2. The van der Waals surface area contributed by atoms with Gasteiger partial charge >= 0.3 is 12.4 Å². The largest absolute Gasteiger partial charge is 0.481 e. The van der Waals surface area contributed by atoms with Gasteiger partial charge in [0.25, 0.3) is 0 Å². The topological polar surface area (TPSA) is 66.4 Å². The monoisotopic (exact) mass is 116 g/mol. The number of hydrogen-bond donors (Lipinski definition) is 2. The van der Waals surface area contributed by atoms with Crippen LogP contribution in [0.25, 0.3) is 0 Å². The van der Waals surface area contributed by atoms with E-state index in [-0.39, 0.29) is 13.0 Å². The van der Waals surface area contributed by atoms with Gasteiger partial charge in [-0.05, 0) is 0 Å². The predicted octanol–water partition coefficient (Wildman–Crippen LogP) is -0.882. The van der Waals surface area contributed by atoms with E-state index in [9.17, 15) is 9.59 Å². The second kappa shape index (κ2) is 4.11. The van der Waals surface area contributed by atoms with Gasteiger partial charge in [-0.25, -0.2) is 0 Å². The lowest BCUT2D eigenvalue weighted by atomic mass is 10.4. The molecule has 8 heavy (non-hydrogen) atoms. The molecule has 0 aromatic carbocycles. The van der Waals surface area contributed by atoms with Crippen molar-refractivity contribution >= 4 is 12.4 Å². The summed E-state index contributed by atoms with van der Waals surface area (Å²) in [6.07, 6.45) is 1.31. The van der Waals surface area contributed by atoms with Gasteiger partial charge in [-0.15, -0.1) is 0 Å². The first kappa shape index (κ1) is 6.94. The zero-order valence-electron chi connectivity index (χ0n) is 4.18. The molecule has 0 aromatic heterocycles. The Bertz CT molecular complexity index is 91.3. The minimum Gasteiger partial charge on any atom is -0.481 e. The molecule has 0 fully saturated rings. The minimum atomic E-state index is -0.923. The zero-order valence-corrected chi connectivity index (χ0v) is 4.18. The van der Waals surface area contributed by atoms with E-state index in [0.717, 1.165) is 0 Å². The zero-order chi connectivity index (χ0) is 6.41. The van der Waals surface area contributed by atoms with Gasteiger partial charge in [-0.3, -0.25) is 9.59 Å². The number of rotatable bonds is 4. The Balaban J connectivity index is 2.93. The second-order valence-corrected chi connectivity index (χ2v) is 1.17. The molecule has 0 saturated heterocycles. The maximum Gasteiger partial charge on any atom is 0.309 e. The van der Waals surface area contributed by atoms with E-state index in [1.54, 1.807) is 0 Å². The highest BCUT2D eigenvalue weighted by atomic mass is 16.4. The van der Waals surface area contributed by atoms with Gasteiger partial charge in [0.05, 0.1) is 6.42 Å². The highest BCUT2D eigenvalue weighted by Gasteiger charge is 1.92. The predicted molar refractivity (Wildman–Crippen MR) is 25.9 cm³/mol. The summed E-state index contributed by atoms with van der Waals surface area (Å²) < 4.78 is 0. The molecule has 45 valence electrons. The van der Waals surface area contributed by atoms with Gasteiger partial charge in [0.2, 0.25) is 0 Å². The normalized spacial score (nSPS) is 8.00. The molecule has 0 spiro atoms. The molecule has 0 aromatic rings. The van der Waals surface area contributed by atoms with Crippen molar-refractivity contribution in [3.8, 4) is 0 Å². The van der Waals surface area contributed by atoms with Crippen LogP contribution in [0.2, 0.25) is 0 Å². The fraction of sp³-hybridized carbons (Fsp3) is 0.500. The third-order valence-corrected chi connectivity index (χ3v) is 0.536. The molecular weight excluding hydrogens is 110 g/mol. The quantitative estimate of drug-likeness (QED) is 0.370. The van der Waals surface area contributed by atoms with Crippen LogP contribution in [0.4, 0.5) is 0 Å². The van der Waals surface area contributed by atoms with E-state index in [1.807, 2.05) is 0 Å². The Hall–Kier alpha value is -1.06. The molecular formula is C4H6NO3. The molecule has 0 unspecified atom stereocenters. The number of carboxylic acid groups (broad SMARTS) is 1. The molecule has 0 aliphatic heterocycles. The lowest BCUT2D eigenvalue weighted by Gasteiger charge is -1.88. The smallest absolute Gasteiger partial charge is 0.309 e. The third kappa shape index (κ3) is 4.94. The lowest BCUT2D eigenvalue weighted by molar-refractivity contribution is -0.136. The Morgan fingerprint density at radius 1 is 1.75 bits per heavy atom. The second-order valence-electron chi connectivity index (χ2n) is 1.17. The van der Waals surface area contributed by atoms with Gasteiger partial charge < -0.3 is 10.4 Å². The molecule has 0 heterocycles. The summed E-state index contributed by atoms with van der Waals surface area (Å²) >= 11 is 0. The van der Waals surface area contributed by atoms with Crippen molar-refractivity contribution in [2.24, 2.45) is 0 Å². The lowest BCUT2D eigenvalue weighted by Crippen LogP contribution is -2.15. The Morgan fingerprint density at radius 2 is 2.38 bits per heavy atom. The van der Waals surface area contributed by atoms with Crippen LogP contribution in [-0.4, -0.2) is 24.0 Å². The van der Waals surface area contributed by atoms with Crippen LogP contribution in [0, 0.1) is 0 Å². The van der Waals surface area contributed by atoms with Crippen molar-refractivity contribution in [2.45, 2.75) is 6.42 Å². The maximum atomic E-state index is 9.70. The molecule has 4 nitrogen and oxygen atoms in total. The standard InChI is InChI=1S/C4H6NO3/c6-3-5-2-1-4(7)8/h1-2H2,(H,5,6)(H,7,8). The van der Waals surface area contributed by atoms with Crippen molar-refractivity contribution in [1.82, 2.24) is 5.32 Å². The summed E-state index contributed by atoms with van der Waals surface area (Å²) in [7, 11) is 0.